The number of ether oxygens (including phenoxy) is 1. The lowest BCUT2D eigenvalue weighted by Gasteiger charge is -2.16. The lowest BCUT2D eigenvalue weighted by Crippen LogP contribution is -2.30. The van der Waals surface area contributed by atoms with Crippen molar-refractivity contribution in [3.05, 3.63) is 11.8 Å². The second-order valence-electron chi connectivity index (χ2n) is 3.89. The molecule has 0 amide bonds. The van der Waals surface area contributed by atoms with Crippen molar-refractivity contribution in [1.29, 1.82) is 0 Å². The van der Waals surface area contributed by atoms with Gasteiger partial charge in [-0.1, -0.05) is 6.92 Å². The molecule has 0 saturated heterocycles. The molecule has 1 aliphatic heterocycles. The average Bonchev–Trinajstić information content (AvgIpc) is 2.60. The summed E-state index contributed by atoms with van der Waals surface area (Å²) in [5.41, 5.74) is 0. The summed E-state index contributed by atoms with van der Waals surface area (Å²) >= 11 is 0. The first kappa shape index (κ1) is 8.11. The standard InChI is InChI=1S/C10H17NO/c1-7-6-8(7)10(11-2)9-4-3-5-12-9/h4,7-8,10-11H,3,5-6H2,1-2H3. The molecule has 2 aliphatic rings. The highest BCUT2D eigenvalue weighted by Gasteiger charge is 2.41. The first-order valence-electron chi connectivity index (χ1n) is 4.83. The van der Waals surface area contributed by atoms with Crippen molar-refractivity contribution >= 4 is 0 Å². The van der Waals surface area contributed by atoms with Gasteiger partial charge in [-0.3, -0.25) is 0 Å². The molecule has 1 aliphatic carbocycles. The first-order valence-corrected chi connectivity index (χ1v) is 4.83. The predicted molar refractivity (Wildman–Crippen MR) is 48.8 cm³/mol. The third kappa shape index (κ3) is 1.36. The fourth-order valence-electron chi connectivity index (χ4n) is 2.04. The Morgan fingerprint density at radius 1 is 1.67 bits per heavy atom. The van der Waals surface area contributed by atoms with Crippen LogP contribution in [-0.4, -0.2) is 19.7 Å². The van der Waals surface area contributed by atoms with Crippen molar-refractivity contribution in [3.63, 3.8) is 0 Å². The minimum atomic E-state index is 0.488. The van der Waals surface area contributed by atoms with Gasteiger partial charge in [-0.15, -0.1) is 0 Å². The molecule has 2 rings (SSSR count). The predicted octanol–water partition coefficient (Wildman–Crippen LogP) is 1.53. The van der Waals surface area contributed by atoms with Crippen LogP contribution in [0.5, 0.6) is 0 Å². The van der Waals surface area contributed by atoms with Gasteiger partial charge in [0.25, 0.3) is 0 Å². The Morgan fingerprint density at radius 3 is 2.83 bits per heavy atom. The minimum absolute atomic E-state index is 0.488. The van der Waals surface area contributed by atoms with Gasteiger partial charge in [-0.25, -0.2) is 0 Å². The van der Waals surface area contributed by atoms with Crippen LogP contribution < -0.4 is 5.32 Å². The maximum absolute atomic E-state index is 5.55. The summed E-state index contributed by atoms with van der Waals surface area (Å²) in [7, 11) is 2.03. The zero-order valence-corrected chi connectivity index (χ0v) is 7.84. The maximum Gasteiger partial charge on any atom is 0.109 e. The molecule has 3 unspecified atom stereocenters. The first-order chi connectivity index (χ1) is 5.83. The molecule has 0 bridgehead atoms. The highest BCUT2D eigenvalue weighted by Crippen LogP contribution is 2.43. The minimum Gasteiger partial charge on any atom is -0.496 e. The van der Waals surface area contributed by atoms with E-state index >= 15 is 0 Å². The van der Waals surface area contributed by atoms with Gasteiger partial charge < -0.3 is 10.1 Å². The van der Waals surface area contributed by atoms with Crippen LogP contribution in [0.2, 0.25) is 0 Å². The molecule has 68 valence electrons. The van der Waals surface area contributed by atoms with Crippen molar-refractivity contribution in [1.82, 2.24) is 5.32 Å². The van der Waals surface area contributed by atoms with E-state index in [1.165, 1.54) is 12.2 Å². The molecule has 0 aromatic heterocycles. The number of rotatable bonds is 3. The number of likely N-dealkylation sites (N-methyl/N-ethyl adjacent to an activating group) is 1. The number of hydrogen-bond donors (Lipinski definition) is 1. The lowest BCUT2D eigenvalue weighted by atomic mass is 10.1. The fraction of sp³-hybridized carbons (Fsp3) is 0.800. The number of nitrogens with one attached hydrogen (secondary N) is 1. The Balaban J connectivity index is 1.98. The largest absolute Gasteiger partial charge is 0.496 e. The summed E-state index contributed by atoms with van der Waals surface area (Å²) < 4.78 is 5.55. The van der Waals surface area contributed by atoms with Crippen LogP contribution in [0.4, 0.5) is 0 Å². The van der Waals surface area contributed by atoms with Crippen LogP contribution in [0.15, 0.2) is 11.8 Å². The van der Waals surface area contributed by atoms with Gasteiger partial charge in [-0.2, -0.15) is 0 Å². The van der Waals surface area contributed by atoms with Crippen LogP contribution in [0, 0.1) is 11.8 Å². The molecule has 0 aromatic carbocycles. The van der Waals surface area contributed by atoms with Crippen molar-refractivity contribution < 1.29 is 4.74 Å². The Morgan fingerprint density at radius 2 is 2.42 bits per heavy atom. The van der Waals surface area contributed by atoms with E-state index in [9.17, 15) is 0 Å². The monoisotopic (exact) mass is 167 g/mol. The van der Waals surface area contributed by atoms with Crippen molar-refractivity contribution in [2.45, 2.75) is 25.8 Å². The third-order valence-corrected chi connectivity index (χ3v) is 2.95. The second kappa shape index (κ2) is 3.09. The molecule has 2 heteroatoms. The van der Waals surface area contributed by atoms with Gasteiger partial charge in [0.2, 0.25) is 0 Å². The Kier molecular flexibility index (Phi) is 2.09. The molecule has 12 heavy (non-hydrogen) atoms. The van der Waals surface area contributed by atoms with E-state index in [0.29, 0.717) is 6.04 Å². The van der Waals surface area contributed by atoms with E-state index in [2.05, 4.69) is 18.3 Å². The lowest BCUT2D eigenvalue weighted by molar-refractivity contribution is 0.209. The zero-order valence-electron chi connectivity index (χ0n) is 7.84. The van der Waals surface area contributed by atoms with E-state index in [0.717, 1.165) is 24.9 Å². The molecule has 1 N–H and O–H groups in total. The van der Waals surface area contributed by atoms with E-state index in [-0.39, 0.29) is 0 Å². The summed E-state index contributed by atoms with van der Waals surface area (Å²) in [6.45, 7) is 3.19. The van der Waals surface area contributed by atoms with Gasteiger partial charge in [0, 0.05) is 6.42 Å². The van der Waals surface area contributed by atoms with Crippen LogP contribution in [0.3, 0.4) is 0 Å². The highest BCUT2D eigenvalue weighted by molar-refractivity contribution is 5.13. The van der Waals surface area contributed by atoms with E-state index < -0.39 is 0 Å². The Hall–Kier alpha value is -0.500. The second-order valence-corrected chi connectivity index (χ2v) is 3.89. The fourth-order valence-corrected chi connectivity index (χ4v) is 2.04. The summed E-state index contributed by atoms with van der Waals surface area (Å²) in [6, 6.07) is 0.488. The van der Waals surface area contributed by atoms with Gasteiger partial charge >= 0.3 is 0 Å². The SMILES string of the molecule is CNC(C1=CCCO1)C1CC1C. The molecule has 0 spiro atoms. The molecule has 0 aromatic rings. The van der Waals surface area contributed by atoms with Crippen molar-refractivity contribution in [2.24, 2.45) is 11.8 Å². The van der Waals surface area contributed by atoms with E-state index in [1.807, 2.05) is 7.05 Å². The molecule has 2 nitrogen and oxygen atoms in total. The molecule has 3 atom stereocenters. The quantitative estimate of drug-likeness (QED) is 0.688. The molecule has 0 radical (unpaired) electrons. The Bertz CT molecular complexity index is 200. The van der Waals surface area contributed by atoms with Crippen LogP contribution >= 0.6 is 0 Å². The maximum atomic E-state index is 5.55. The normalized spacial score (nSPS) is 35.7. The smallest absolute Gasteiger partial charge is 0.109 e. The van der Waals surface area contributed by atoms with Gasteiger partial charge in [0.1, 0.15) is 5.76 Å². The van der Waals surface area contributed by atoms with Crippen molar-refractivity contribution in [2.75, 3.05) is 13.7 Å². The topological polar surface area (TPSA) is 21.3 Å². The Labute approximate surface area is 74.0 Å². The van der Waals surface area contributed by atoms with Crippen LogP contribution in [-0.2, 0) is 4.74 Å². The van der Waals surface area contributed by atoms with Crippen LogP contribution in [0.25, 0.3) is 0 Å². The van der Waals surface area contributed by atoms with E-state index in [1.54, 1.807) is 0 Å². The highest BCUT2D eigenvalue weighted by atomic mass is 16.5. The molecular weight excluding hydrogens is 150 g/mol. The van der Waals surface area contributed by atoms with Crippen molar-refractivity contribution in [3.8, 4) is 0 Å². The summed E-state index contributed by atoms with van der Waals surface area (Å²) in [4.78, 5) is 0. The zero-order chi connectivity index (χ0) is 8.55. The van der Waals surface area contributed by atoms with E-state index in [4.69, 9.17) is 4.74 Å². The molecular formula is C10H17NO. The molecule has 1 fully saturated rings. The van der Waals surface area contributed by atoms with Gasteiger partial charge in [0.15, 0.2) is 0 Å². The summed E-state index contributed by atoms with van der Waals surface area (Å²) in [5, 5.41) is 3.34. The average molecular weight is 167 g/mol. The molecule has 1 saturated carbocycles. The van der Waals surface area contributed by atoms with Gasteiger partial charge in [-0.05, 0) is 31.4 Å². The van der Waals surface area contributed by atoms with Crippen LogP contribution in [0.1, 0.15) is 19.8 Å². The van der Waals surface area contributed by atoms with Gasteiger partial charge in [0.05, 0.1) is 12.6 Å². The summed E-state index contributed by atoms with van der Waals surface area (Å²) in [6.07, 6.45) is 4.67. The third-order valence-electron chi connectivity index (χ3n) is 2.95. The summed E-state index contributed by atoms with van der Waals surface area (Å²) in [5.74, 6) is 2.89. The number of hydrogen-bond acceptors (Lipinski definition) is 2. The molecule has 1 heterocycles.